The molecule has 0 aromatic heterocycles. The molecular formula is C15H22ClN3O3S. The first-order valence-corrected chi connectivity index (χ1v) is 9.22. The Hall–Kier alpha value is -1.31. The lowest BCUT2D eigenvalue weighted by atomic mass is 9.98. The van der Waals surface area contributed by atoms with Gasteiger partial charge in [-0.3, -0.25) is 9.10 Å². The number of nitrogens with zero attached hydrogens (tertiary/aromatic N) is 1. The van der Waals surface area contributed by atoms with E-state index in [0.29, 0.717) is 37.2 Å². The summed E-state index contributed by atoms with van der Waals surface area (Å²) < 4.78 is 25.3. The Labute approximate surface area is 142 Å². The van der Waals surface area contributed by atoms with Gasteiger partial charge in [-0.05, 0) is 37.5 Å². The largest absolute Gasteiger partial charge is 0.324 e. The van der Waals surface area contributed by atoms with Gasteiger partial charge >= 0.3 is 0 Å². The third kappa shape index (κ3) is 3.62. The molecule has 0 radical (unpaired) electrons. The highest BCUT2D eigenvalue weighted by Crippen LogP contribution is 2.30. The summed E-state index contributed by atoms with van der Waals surface area (Å²) in [6.07, 6.45) is 3.95. The second kappa shape index (κ2) is 6.67. The van der Waals surface area contributed by atoms with Crippen molar-refractivity contribution < 1.29 is 13.2 Å². The lowest BCUT2D eigenvalue weighted by molar-refractivity contribution is -0.121. The van der Waals surface area contributed by atoms with Crippen molar-refractivity contribution in [2.45, 2.75) is 37.6 Å². The first-order chi connectivity index (χ1) is 10.4. The molecule has 1 heterocycles. The number of hydrogen-bond acceptors (Lipinski definition) is 4. The number of halogens is 1. The van der Waals surface area contributed by atoms with Gasteiger partial charge in [0.25, 0.3) is 0 Å². The van der Waals surface area contributed by atoms with Crippen LogP contribution in [0.1, 0.15) is 32.1 Å². The van der Waals surface area contributed by atoms with Gasteiger partial charge in [-0.15, -0.1) is 12.4 Å². The van der Waals surface area contributed by atoms with Crippen molar-refractivity contribution in [2.24, 2.45) is 5.73 Å². The van der Waals surface area contributed by atoms with E-state index in [2.05, 4.69) is 5.32 Å². The van der Waals surface area contributed by atoms with Gasteiger partial charge in [0.1, 0.15) is 0 Å². The fourth-order valence-electron chi connectivity index (χ4n) is 3.16. The van der Waals surface area contributed by atoms with Crippen molar-refractivity contribution in [3.63, 3.8) is 0 Å². The highest BCUT2D eigenvalue weighted by molar-refractivity contribution is 7.93. The standard InChI is InChI=1S/C15H21N3O3S.ClH/c16-15(7-1-2-8-15)14(19)17-12-5-3-6-13(11-12)18-9-4-10-22(18,20)21;/h3,5-6,11H,1-2,4,7-10,16H2,(H,17,19);1H. The molecule has 0 spiro atoms. The first-order valence-electron chi connectivity index (χ1n) is 7.62. The van der Waals surface area contributed by atoms with Crippen molar-refractivity contribution in [2.75, 3.05) is 21.9 Å². The van der Waals surface area contributed by atoms with Crippen molar-refractivity contribution in [1.82, 2.24) is 0 Å². The maximum absolute atomic E-state index is 12.3. The van der Waals surface area contributed by atoms with Crippen molar-refractivity contribution in [3.8, 4) is 0 Å². The number of nitrogens with one attached hydrogen (secondary N) is 1. The molecule has 128 valence electrons. The normalized spacial score (nSPS) is 21.7. The Balaban J connectivity index is 0.00000192. The molecule has 0 atom stereocenters. The molecule has 6 nitrogen and oxygen atoms in total. The molecular weight excluding hydrogens is 338 g/mol. The maximum Gasteiger partial charge on any atom is 0.244 e. The molecule has 0 bridgehead atoms. The molecule has 2 fully saturated rings. The molecule has 3 N–H and O–H groups in total. The van der Waals surface area contributed by atoms with E-state index in [0.717, 1.165) is 12.8 Å². The van der Waals surface area contributed by atoms with E-state index in [1.165, 1.54) is 4.31 Å². The summed E-state index contributed by atoms with van der Waals surface area (Å²) in [5.41, 5.74) is 6.51. The molecule has 8 heteroatoms. The number of amides is 1. The number of benzene rings is 1. The maximum atomic E-state index is 12.3. The molecule has 1 aliphatic heterocycles. The van der Waals surface area contributed by atoms with Crippen molar-refractivity contribution >= 4 is 39.7 Å². The highest BCUT2D eigenvalue weighted by Gasteiger charge is 2.37. The van der Waals surface area contributed by atoms with Crippen LogP contribution in [-0.2, 0) is 14.8 Å². The first kappa shape index (κ1) is 18.0. The van der Waals surface area contributed by atoms with Crippen LogP contribution in [-0.4, -0.2) is 32.2 Å². The van der Waals surface area contributed by atoms with E-state index in [-0.39, 0.29) is 24.1 Å². The van der Waals surface area contributed by atoms with Gasteiger partial charge in [0.15, 0.2) is 0 Å². The molecule has 1 saturated carbocycles. The van der Waals surface area contributed by atoms with Crippen molar-refractivity contribution in [1.29, 1.82) is 0 Å². The zero-order valence-corrected chi connectivity index (χ0v) is 14.5. The topological polar surface area (TPSA) is 92.5 Å². The quantitative estimate of drug-likeness (QED) is 0.861. The molecule has 23 heavy (non-hydrogen) atoms. The predicted octanol–water partition coefficient (Wildman–Crippen LogP) is 1.86. The SMILES string of the molecule is Cl.NC1(C(=O)Nc2cccc(N3CCCS3(=O)=O)c2)CCCC1. The Bertz CT molecular complexity index is 687. The number of rotatable bonds is 3. The number of carbonyl (C=O) groups excluding carboxylic acids is 1. The van der Waals surface area contributed by atoms with Gasteiger partial charge < -0.3 is 11.1 Å². The molecule has 1 aliphatic carbocycles. The number of carbonyl (C=O) groups is 1. The number of nitrogens with two attached hydrogens (primary N) is 1. The van der Waals surface area contributed by atoms with E-state index in [1.807, 2.05) is 0 Å². The van der Waals surface area contributed by atoms with Gasteiger partial charge in [0, 0.05) is 12.2 Å². The van der Waals surface area contributed by atoms with Gasteiger partial charge in [0.2, 0.25) is 15.9 Å². The Morgan fingerprint density at radius 3 is 2.52 bits per heavy atom. The van der Waals surface area contributed by atoms with Crippen LogP contribution < -0.4 is 15.4 Å². The lowest BCUT2D eigenvalue weighted by Gasteiger charge is -2.23. The summed E-state index contributed by atoms with van der Waals surface area (Å²) in [4.78, 5) is 12.3. The number of sulfonamides is 1. The van der Waals surface area contributed by atoms with Crippen LogP contribution >= 0.6 is 12.4 Å². The number of anilines is 2. The van der Waals surface area contributed by atoms with Gasteiger partial charge in [0.05, 0.1) is 17.0 Å². The van der Waals surface area contributed by atoms with Crippen LogP contribution in [0.5, 0.6) is 0 Å². The highest BCUT2D eigenvalue weighted by atomic mass is 35.5. The third-order valence-corrected chi connectivity index (χ3v) is 6.31. The zero-order chi connectivity index (χ0) is 15.8. The summed E-state index contributed by atoms with van der Waals surface area (Å²) >= 11 is 0. The summed E-state index contributed by atoms with van der Waals surface area (Å²) in [6, 6.07) is 6.93. The summed E-state index contributed by atoms with van der Waals surface area (Å²) in [7, 11) is -3.22. The van der Waals surface area contributed by atoms with E-state index < -0.39 is 15.6 Å². The fraction of sp³-hybridized carbons (Fsp3) is 0.533. The van der Waals surface area contributed by atoms with Gasteiger partial charge in [-0.25, -0.2) is 8.42 Å². The second-order valence-electron chi connectivity index (χ2n) is 6.11. The summed E-state index contributed by atoms with van der Waals surface area (Å²) in [5, 5.41) is 2.83. The van der Waals surface area contributed by atoms with Crippen LogP contribution in [0.4, 0.5) is 11.4 Å². The Morgan fingerprint density at radius 2 is 1.91 bits per heavy atom. The fourth-order valence-corrected chi connectivity index (χ4v) is 4.71. The minimum Gasteiger partial charge on any atom is -0.324 e. The molecule has 1 amide bonds. The minimum atomic E-state index is -3.22. The average Bonchev–Trinajstić information content (AvgIpc) is 3.05. The molecule has 1 aromatic carbocycles. The van der Waals surface area contributed by atoms with E-state index in [1.54, 1.807) is 24.3 Å². The Morgan fingerprint density at radius 1 is 1.22 bits per heavy atom. The lowest BCUT2D eigenvalue weighted by Crippen LogP contribution is -2.48. The van der Waals surface area contributed by atoms with Gasteiger partial charge in [-0.2, -0.15) is 0 Å². The molecule has 1 saturated heterocycles. The zero-order valence-electron chi connectivity index (χ0n) is 12.8. The Kier molecular flexibility index (Phi) is 5.23. The summed E-state index contributed by atoms with van der Waals surface area (Å²) in [6.45, 7) is 0.487. The second-order valence-corrected chi connectivity index (χ2v) is 8.12. The van der Waals surface area contributed by atoms with Crippen LogP contribution in [0.15, 0.2) is 24.3 Å². The third-order valence-electron chi connectivity index (χ3n) is 4.44. The summed E-state index contributed by atoms with van der Waals surface area (Å²) in [5.74, 6) is -0.0124. The van der Waals surface area contributed by atoms with Crippen LogP contribution in [0.25, 0.3) is 0 Å². The van der Waals surface area contributed by atoms with E-state index in [4.69, 9.17) is 5.73 Å². The van der Waals surface area contributed by atoms with Crippen molar-refractivity contribution in [3.05, 3.63) is 24.3 Å². The van der Waals surface area contributed by atoms with E-state index in [9.17, 15) is 13.2 Å². The van der Waals surface area contributed by atoms with E-state index >= 15 is 0 Å². The number of hydrogen-bond donors (Lipinski definition) is 2. The monoisotopic (exact) mass is 359 g/mol. The van der Waals surface area contributed by atoms with Crippen LogP contribution in [0, 0.1) is 0 Å². The molecule has 3 rings (SSSR count). The van der Waals surface area contributed by atoms with Crippen LogP contribution in [0.3, 0.4) is 0 Å². The van der Waals surface area contributed by atoms with Crippen LogP contribution in [0.2, 0.25) is 0 Å². The molecule has 1 aromatic rings. The predicted molar refractivity (Wildman–Crippen MR) is 93.5 cm³/mol. The van der Waals surface area contributed by atoms with Gasteiger partial charge in [-0.1, -0.05) is 18.9 Å². The average molecular weight is 360 g/mol. The molecule has 0 unspecified atom stereocenters. The molecule has 2 aliphatic rings. The smallest absolute Gasteiger partial charge is 0.244 e. The minimum absolute atomic E-state index is 0.